The largest absolute Gasteiger partial charge is 0.377 e. The Balaban J connectivity index is 2.33. The lowest BCUT2D eigenvalue weighted by Crippen LogP contribution is -2.30. The van der Waals surface area contributed by atoms with Gasteiger partial charge in [-0.05, 0) is 38.1 Å². The van der Waals surface area contributed by atoms with E-state index >= 15 is 0 Å². The molecule has 0 aliphatic heterocycles. The number of nitrogens with one attached hydrogen (secondary N) is 1. The van der Waals surface area contributed by atoms with Crippen molar-refractivity contribution in [3.8, 4) is 0 Å². The first-order valence-corrected chi connectivity index (χ1v) is 8.94. The van der Waals surface area contributed by atoms with Crippen LogP contribution in [-0.4, -0.2) is 48.8 Å². The van der Waals surface area contributed by atoms with Crippen molar-refractivity contribution < 1.29 is 14.5 Å². The van der Waals surface area contributed by atoms with Crippen LogP contribution in [0.2, 0.25) is 0 Å². The van der Waals surface area contributed by atoms with Gasteiger partial charge in [-0.2, -0.15) is 0 Å². The summed E-state index contributed by atoms with van der Waals surface area (Å²) in [4.78, 5) is 39.2. The third kappa shape index (κ3) is 4.64. The van der Waals surface area contributed by atoms with Gasteiger partial charge in [0.15, 0.2) is 0 Å². The van der Waals surface area contributed by atoms with Crippen LogP contribution in [0.25, 0.3) is 0 Å². The Morgan fingerprint density at radius 3 is 2.32 bits per heavy atom. The summed E-state index contributed by atoms with van der Waals surface area (Å²) < 4.78 is 0. The molecule has 0 saturated carbocycles. The fourth-order valence-electron chi connectivity index (χ4n) is 2.83. The number of carbonyl (C=O) groups is 2. The van der Waals surface area contributed by atoms with Crippen LogP contribution >= 0.6 is 0 Å². The van der Waals surface area contributed by atoms with Crippen LogP contribution in [0.3, 0.4) is 0 Å². The first kappa shape index (κ1) is 20.9. The van der Waals surface area contributed by atoms with Gasteiger partial charge < -0.3 is 15.1 Å². The van der Waals surface area contributed by atoms with E-state index in [2.05, 4.69) is 5.32 Å². The summed E-state index contributed by atoms with van der Waals surface area (Å²) in [6.45, 7) is 4.98. The van der Waals surface area contributed by atoms with Crippen LogP contribution in [0.15, 0.2) is 42.5 Å². The number of hydrogen-bond acceptors (Lipinski definition) is 5. The van der Waals surface area contributed by atoms with E-state index < -0.39 is 10.8 Å². The minimum absolute atomic E-state index is 0.120. The Morgan fingerprint density at radius 2 is 1.75 bits per heavy atom. The van der Waals surface area contributed by atoms with Gasteiger partial charge in [-0.3, -0.25) is 19.7 Å². The fourth-order valence-corrected chi connectivity index (χ4v) is 2.83. The molecular weight excluding hydrogens is 360 g/mol. The van der Waals surface area contributed by atoms with E-state index in [0.29, 0.717) is 30.0 Å². The van der Waals surface area contributed by atoms with Gasteiger partial charge in [0.25, 0.3) is 17.5 Å². The summed E-state index contributed by atoms with van der Waals surface area (Å²) in [7, 11) is 3.50. The predicted molar refractivity (Wildman–Crippen MR) is 109 cm³/mol. The third-order valence-corrected chi connectivity index (χ3v) is 4.34. The first-order valence-electron chi connectivity index (χ1n) is 8.94. The lowest BCUT2D eigenvalue weighted by atomic mass is 10.1. The van der Waals surface area contributed by atoms with E-state index in [1.165, 1.54) is 18.2 Å². The quantitative estimate of drug-likeness (QED) is 0.583. The zero-order chi connectivity index (χ0) is 20.8. The lowest BCUT2D eigenvalue weighted by molar-refractivity contribution is -0.384. The topological polar surface area (TPSA) is 95.8 Å². The van der Waals surface area contributed by atoms with Crippen molar-refractivity contribution in [2.45, 2.75) is 13.8 Å². The van der Waals surface area contributed by atoms with Crippen molar-refractivity contribution in [2.75, 3.05) is 37.4 Å². The van der Waals surface area contributed by atoms with Crippen molar-refractivity contribution in [3.05, 3.63) is 63.7 Å². The first-order chi connectivity index (χ1) is 13.3. The summed E-state index contributed by atoms with van der Waals surface area (Å²) in [5, 5.41) is 13.8. The lowest BCUT2D eigenvalue weighted by Gasteiger charge is -2.19. The van der Waals surface area contributed by atoms with E-state index in [9.17, 15) is 19.7 Å². The highest BCUT2D eigenvalue weighted by Gasteiger charge is 2.19. The Labute approximate surface area is 163 Å². The summed E-state index contributed by atoms with van der Waals surface area (Å²) in [6, 6.07) is 10.8. The maximum Gasteiger partial charge on any atom is 0.270 e. The van der Waals surface area contributed by atoms with Gasteiger partial charge in [-0.1, -0.05) is 6.07 Å². The van der Waals surface area contributed by atoms with E-state index in [1.807, 2.05) is 13.8 Å². The van der Waals surface area contributed by atoms with Crippen LogP contribution < -0.4 is 10.2 Å². The van der Waals surface area contributed by atoms with E-state index in [1.54, 1.807) is 48.2 Å². The standard InChI is InChI=1S/C20H24N4O4/c1-5-23(6-2)20(26)14-8-7-9-15(12-14)21-19(25)17-13-16(24(27)28)10-11-18(17)22(3)4/h7-13H,5-6H2,1-4H3,(H,21,25). The second kappa shape index (κ2) is 8.98. The SMILES string of the molecule is CCN(CC)C(=O)c1cccc(NC(=O)c2cc([N+](=O)[O-])ccc2N(C)C)c1. The average Bonchev–Trinajstić information content (AvgIpc) is 2.68. The molecule has 2 aromatic rings. The third-order valence-electron chi connectivity index (χ3n) is 4.34. The van der Waals surface area contributed by atoms with E-state index in [-0.39, 0.29) is 17.2 Å². The molecule has 148 valence electrons. The van der Waals surface area contributed by atoms with Gasteiger partial charge in [0, 0.05) is 56.3 Å². The van der Waals surface area contributed by atoms with E-state index in [4.69, 9.17) is 0 Å². The van der Waals surface area contributed by atoms with Crippen LogP contribution in [0.1, 0.15) is 34.6 Å². The van der Waals surface area contributed by atoms with Gasteiger partial charge in [0.2, 0.25) is 0 Å². The molecule has 0 fully saturated rings. The molecule has 0 unspecified atom stereocenters. The van der Waals surface area contributed by atoms with Crippen LogP contribution in [0.4, 0.5) is 17.1 Å². The highest BCUT2D eigenvalue weighted by atomic mass is 16.6. The summed E-state index contributed by atoms with van der Waals surface area (Å²) in [6.07, 6.45) is 0. The van der Waals surface area contributed by atoms with Gasteiger partial charge in [-0.15, -0.1) is 0 Å². The second-order valence-corrected chi connectivity index (χ2v) is 6.37. The molecule has 0 saturated heterocycles. The van der Waals surface area contributed by atoms with Gasteiger partial charge in [0.1, 0.15) is 0 Å². The number of rotatable bonds is 7. The fraction of sp³-hybridized carbons (Fsp3) is 0.300. The number of carbonyl (C=O) groups excluding carboxylic acids is 2. The van der Waals surface area contributed by atoms with Crippen LogP contribution in [0, 0.1) is 10.1 Å². The summed E-state index contributed by atoms with van der Waals surface area (Å²) in [5.41, 5.74) is 1.48. The molecule has 0 aliphatic rings. The van der Waals surface area contributed by atoms with E-state index in [0.717, 1.165) is 0 Å². The number of non-ortho nitro benzene ring substituents is 1. The van der Waals surface area contributed by atoms with Gasteiger partial charge in [-0.25, -0.2) is 0 Å². The number of hydrogen-bond donors (Lipinski definition) is 1. The molecule has 28 heavy (non-hydrogen) atoms. The number of nitrogens with zero attached hydrogens (tertiary/aromatic N) is 3. The molecule has 8 heteroatoms. The number of amides is 2. The molecule has 0 heterocycles. The summed E-state index contributed by atoms with van der Waals surface area (Å²) in [5.74, 6) is -0.606. The van der Waals surface area contributed by atoms with Crippen LogP contribution in [-0.2, 0) is 0 Å². The van der Waals surface area contributed by atoms with Crippen molar-refractivity contribution >= 4 is 28.9 Å². The number of benzene rings is 2. The number of nitro groups is 1. The Bertz CT molecular complexity index is 892. The number of anilines is 2. The molecule has 0 atom stereocenters. The maximum absolute atomic E-state index is 12.8. The van der Waals surface area contributed by atoms with Crippen molar-refractivity contribution in [1.82, 2.24) is 4.90 Å². The zero-order valence-electron chi connectivity index (χ0n) is 16.4. The van der Waals surface area contributed by atoms with Gasteiger partial charge >= 0.3 is 0 Å². The molecule has 0 aromatic heterocycles. The highest BCUT2D eigenvalue weighted by Crippen LogP contribution is 2.25. The highest BCUT2D eigenvalue weighted by molar-refractivity contribution is 6.09. The smallest absolute Gasteiger partial charge is 0.270 e. The Morgan fingerprint density at radius 1 is 1.07 bits per heavy atom. The molecular formula is C20H24N4O4. The Hall–Kier alpha value is -3.42. The number of nitro benzene ring substituents is 1. The molecule has 0 radical (unpaired) electrons. The monoisotopic (exact) mass is 384 g/mol. The molecule has 0 bridgehead atoms. The Kier molecular flexibility index (Phi) is 6.70. The van der Waals surface area contributed by atoms with Crippen LogP contribution in [0.5, 0.6) is 0 Å². The average molecular weight is 384 g/mol. The molecule has 2 amide bonds. The second-order valence-electron chi connectivity index (χ2n) is 6.37. The molecule has 0 aliphatic carbocycles. The molecule has 8 nitrogen and oxygen atoms in total. The van der Waals surface area contributed by atoms with Gasteiger partial charge in [0.05, 0.1) is 10.5 Å². The van der Waals surface area contributed by atoms with Crippen molar-refractivity contribution in [1.29, 1.82) is 0 Å². The zero-order valence-corrected chi connectivity index (χ0v) is 16.4. The summed E-state index contributed by atoms with van der Waals surface area (Å²) >= 11 is 0. The predicted octanol–water partition coefficient (Wildman–Crippen LogP) is 3.40. The minimum atomic E-state index is -0.542. The normalized spacial score (nSPS) is 10.3. The molecule has 1 N–H and O–H groups in total. The van der Waals surface area contributed by atoms with Crippen molar-refractivity contribution in [2.24, 2.45) is 0 Å². The minimum Gasteiger partial charge on any atom is -0.377 e. The molecule has 2 aromatic carbocycles. The maximum atomic E-state index is 12.8. The molecule has 2 rings (SSSR count). The van der Waals surface area contributed by atoms with Crippen molar-refractivity contribution in [3.63, 3.8) is 0 Å². The molecule has 0 spiro atoms.